The topological polar surface area (TPSA) is 172 Å². The van der Waals surface area contributed by atoms with Crippen LogP contribution in [0, 0.1) is 17.8 Å². The molecule has 5 amide bonds. The van der Waals surface area contributed by atoms with E-state index in [1.807, 2.05) is 84.9 Å². The second kappa shape index (κ2) is 23.5. The standard InChI is InChI=1S/C45H69N5O9/c1-14-28(5)38-43(55)49(12)33(10)45(57)59-39(29(6)15-2)30(7)20-19-21-31(8)44(56)58-36(24-27(3)4)40(52)46-32(9)41(53)50(13)35(25-34-22-17-16-18-23-34)42(54)48(11)26-37(51)47-38/h15-18,21-23,27-28,30,32-33,35-36,38-39H,14,19-20,24-26H2,1-13H3,(H,46,52)(H,47,51)/b29-15+,31-21+/t28?,30-,32-,33+,35+,36+,38-,39+/m0/s1. The molecule has 0 radical (unpaired) electrons. The van der Waals surface area contributed by atoms with Gasteiger partial charge in [0.15, 0.2) is 6.10 Å². The van der Waals surface area contributed by atoms with Gasteiger partial charge in [-0.3, -0.25) is 24.0 Å². The molecule has 14 nitrogen and oxygen atoms in total. The van der Waals surface area contributed by atoms with Gasteiger partial charge >= 0.3 is 11.9 Å². The molecule has 0 spiro atoms. The fourth-order valence-corrected chi connectivity index (χ4v) is 6.77. The SMILES string of the molecule is C/C=C(\C)[C@H]1OC(=O)[C@@H](C)N(C)C(=O)[C@H](C(C)CC)NC(=O)CN(C)C(=O)[C@@H](Cc2ccccc2)N(C)C(=O)[C@H](C)NC(=O)[C@@H](CC(C)C)OC(=O)/C(C)=C/CC[C@@H]1C. The van der Waals surface area contributed by atoms with E-state index >= 15 is 0 Å². The maximum atomic E-state index is 14.2. The fourth-order valence-electron chi connectivity index (χ4n) is 6.77. The molecule has 1 aromatic rings. The minimum Gasteiger partial charge on any atom is -0.456 e. The van der Waals surface area contributed by atoms with E-state index < -0.39 is 84.4 Å². The van der Waals surface area contributed by atoms with Crippen molar-refractivity contribution < 1.29 is 43.0 Å². The Kier molecular flexibility index (Phi) is 20.0. The fraction of sp³-hybridized carbons (Fsp3) is 0.622. The molecule has 8 atom stereocenters. The van der Waals surface area contributed by atoms with Crippen molar-refractivity contribution in [2.45, 2.75) is 138 Å². The molecular formula is C45H69N5O9. The Morgan fingerprint density at radius 1 is 0.881 bits per heavy atom. The number of hydrogen-bond donors (Lipinski definition) is 2. The molecule has 0 aliphatic carbocycles. The number of amides is 5. The molecule has 328 valence electrons. The summed E-state index contributed by atoms with van der Waals surface area (Å²) in [6.45, 7) is 17.3. The van der Waals surface area contributed by atoms with Crippen LogP contribution in [-0.4, -0.2) is 120 Å². The van der Waals surface area contributed by atoms with Gasteiger partial charge in [0.05, 0.1) is 6.54 Å². The summed E-state index contributed by atoms with van der Waals surface area (Å²) in [5.41, 5.74) is 1.87. The lowest BCUT2D eigenvalue weighted by Gasteiger charge is -2.34. The average Bonchev–Trinajstić information content (AvgIpc) is 3.20. The quantitative estimate of drug-likeness (QED) is 0.295. The number of ether oxygens (including phenoxy) is 2. The van der Waals surface area contributed by atoms with Gasteiger partial charge in [0.25, 0.3) is 5.91 Å². The number of carbonyl (C=O) groups excluding carboxylic acids is 7. The third-order valence-electron chi connectivity index (χ3n) is 11.2. The summed E-state index contributed by atoms with van der Waals surface area (Å²) in [4.78, 5) is 100. The van der Waals surface area contributed by atoms with Crippen molar-refractivity contribution in [3.63, 3.8) is 0 Å². The number of benzene rings is 1. The Morgan fingerprint density at radius 2 is 1.51 bits per heavy atom. The summed E-state index contributed by atoms with van der Waals surface area (Å²) in [7, 11) is 4.39. The predicted molar refractivity (Wildman–Crippen MR) is 226 cm³/mol. The molecule has 2 N–H and O–H groups in total. The minimum atomic E-state index is -1.19. The molecule has 0 aromatic heterocycles. The highest BCUT2D eigenvalue weighted by Crippen LogP contribution is 2.24. The van der Waals surface area contributed by atoms with Gasteiger partial charge in [0.1, 0.15) is 30.3 Å². The maximum absolute atomic E-state index is 14.2. The van der Waals surface area contributed by atoms with Crippen LogP contribution in [0.5, 0.6) is 0 Å². The molecule has 0 bridgehead atoms. The summed E-state index contributed by atoms with van der Waals surface area (Å²) in [6.07, 6.45) is 3.57. The first-order chi connectivity index (χ1) is 27.6. The summed E-state index contributed by atoms with van der Waals surface area (Å²) >= 11 is 0. The minimum absolute atomic E-state index is 0.0334. The van der Waals surface area contributed by atoms with E-state index in [9.17, 15) is 33.6 Å². The third-order valence-corrected chi connectivity index (χ3v) is 11.2. The first kappa shape index (κ1) is 50.1. The predicted octanol–water partition coefficient (Wildman–Crippen LogP) is 4.61. The van der Waals surface area contributed by atoms with Gasteiger partial charge in [-0.15, -0.1) is 0 Å². The smallest absolute Gasteiger partial charge is 0.334 e. The van der Waals surface area contributed by atoms with E-state index in [4.69, 9.17) is 9.47 Å². The van der Waals surface area contributed by atoms with E-state index in [1.165, 1.54) is 42.8 Å². The number of esters is 2. The summed E-state index contributed by atoms with van der Waals surface area (Å²) in [5.74, 6) is -4.72. The first-order valence-electron chi connectivity index (χ1n) is 20.8. The molecule has 1 aromatic carbocycles. The first-order valence-corrected chi connectivity index (χ1v) is 20.8. The van der Waals surface area contributed by atoms with Crippen LogP contribution >= 0.6 is 0 Å². The van der Waals surface area contributed by atoms with Crippen LogP contribution in [-0.2, 0) is 49.5 Å². The van der Waals surface area contributed by atoms with E-state index in [0.29, 0.717) is 24.8 Å². The van der Waals surface area contributed by atoms with Gasteiger partial charge in [-0.05, 0) is 82.8 Å². The van der Waals surface area contributed by atoms with Gasteiger partial charge in [0.2, 0.25) is 23.6 Å². The number of nitrogens with zero attached hydrogens (tertiary/aromatic N) is 3. The van der Waals surface area contributed by atoms with Crippen LogP contribution in [0.2, 0.25) is 0 Å². The maximum Gasteiger partial charge on any atom is 0.334 e. The molecular weight excluding hydrogens is 755 g/mol. The van der Waals surface area contributed by atoms with Crippen molar-refractivity contribution >= 4 is 41.5 Å². The third kappa shape index (κ3) is 14.6. The molecule has 59 heavy (non-hydrogen) atoms. The monoisotopic (exact) mass is 824 g/mol. The van der Waals surface area contributed by atoms with Crippen LogP contribution in [0.4, 0.5) is 0 Å². The molecule has 0 fully saturated rings. The highest BCUT2D eigenvalue weighted by Gasteiger charge is 2.37. The number of nitrogens with one attached hydrogen (secondary N) is 2. The Balaban J connectivity index is 2.62. The van der Waals surface area contributed by atoms with E-state index in [0.717, 1.165) is 11.1 Å². The van der Waals surface area contributed by atoms with Crippen LogP contribution in [0.3, 0.4) is 0 Å². The van der Waals surface area contributed by atoms with Crippen LogP contribution < -0.4 is 10.6 Å². The molecule has 1 aliphatic heterocycles. The zero-order chi connectivity index (χ0) is 44.7. The summed E-state index contributed by atoms with van der Waals surface area (Å²) in [6, 6.07) is 4.87. The van der Waals surface area contributed by atoms with Crippen molar-refractivity contribution in [2.75, 3.05) is 27.7 Å². The Hall–Kier alpha value is -5.01. The number of carbonyl (C=O) groups is 7. The van der Waals surface area contributed by atoms with Crippen LogP contribution in [0.1, 0.15) is 100 Å². The zero-order valence-corrected chi connectivity index (χ0v) is 37.5. The second-order valence-corrected chi connectivity index (χ2v) is 16.5. The highest BCUT2D eigenvalue weighted by atomic mass is 16.6. The Bertz CT molecular complexity index is 1690. The van der Waals surface area contributed by atoms with Gasteiger partial charge < -0.3 is 34.8 Å². The Morgan fingerprint density at radius 3 is 2.08 bits per heavy atom. The summed E-state index contributed by atoms with van der Waals surface area (Å²) < 4.78 is 11.8. The normalized spacial score (nSPS) is 27.7. The second-order valence-electron chi connectivity index (χ2n) is 16.5. The van der Waals surface area contributed by atoms with Gasteiger partial charge in [-0.1, -0.05) is 83.5 Å². The molecule has 1 heterocycles. The van der Waals surface area contributed by atoms with Crippen molar-refractivity contribution in [1.29, 1.82) is 0 Å². The van der Waals surface area contributed by atoms with Crippen LogP contribution in [0.25, 0.3) is 0 Å². The largest absolute Gasteiger partial charge is 0.456 e. The van der Waals surface area contributed by atoms with E-state index in [1.54, 1.807) is 19.9 Å². The van der Waals surface area contributed by atoms with Crippen molar-refractivity contribution in [3.05, 3.63) is 59.2 Å². The van der Waals surface area contributed by atoms with E-state index in [-0.39, 0.29) is 30.6 Å². The van der Waals surface area contributed by atoms with Gasteiger partial charge in [0, 0.05) is 33.1 Å². The Labute approximate surface area is 351 Å². The highest BCUT2D eigenvalue weighted by molar-refractivity contribution is 5.96. The number of allylic oxidation sites excluding steroid dienone is 2. The summed E-state index contributed by atoms with van der Waals surface area (Å²) in [5, 5.41) is 5.50. The van der Waals surface area contributed by atoms with Gasteiger partial charge in [-0.2, -0.15) is 0 Å². The number of hydrogen-bond acceptors (Lipinski definition) is 9. The van der Waals surface area contributed by atoms with Crippen molar-refractivity contribution in [1.82, 2.24) is 25.3 Å². The lowest BCUT2D eigenvalue weighted by molar-refractivity contribution is -0.159. The lowest BCUT2D eigenvalue weighted by Crippen LogP contribution is -2.58. The molecule has 1 aliphatic rings. The molecule has 0 saturated carbocycles. The average molecular weight is 824 g/mol. The van der Waals surface area contributed by atoms with E-state index in [2.05, 4.69) is 10.6 Å². The molecule has 2 rings (SSSR count). The number of cyclic esters (lactones) is 2. The molecule has 0 saturated heterocycles. The molecule has 14 heteroatoms. The van der Waals surface area contributed by atoms with Crippen molar-refractivity contribution in [2.24, 2.45) is 17.8 Å². The van der Waals surface area contributed by atoms with Crippen molar-refractivity contribution in [3.8, 4) is 0 Å². The lowest BCUT2D eigenvalue weighted by atomic mass is 9.93. The number of likely N-dealkylation sites (N-methyl/N-ethyl adjacent to an activating group) is 3. The molecule has 1 unspecified atom stereocenters. The zero-order valence-electron chi connectivity index (χ0n) is 37.5. The number of rotatable bonds is 7. The van der Waals surface area contributed by atoms with Crippen LogP contribution in [0.15, 0.2) is 53.6 Å². The van der Waals surface area contributed by atoms with Gasteiger partial charge in [-0.25, -0.2) is 9.59 Å².